The fourth-order valence-electron chi connectivity index (χ4n) is 2.36. The zero-order chi connectivity index (χ0) is 16.4. The van der Waals surface area contributed by atoms with Gasteiger partial charge in [0.2, 0.25) is 5.95 Å². The summed E-state index contributed by atoms with van der Waals surface area (Å²) in [5.41, 5.74) is 2.65. The molecule has 1 N–H and O–H groups in total. The van der Waals surface area contributed by atoms with Gasteiger partial charge in [0.15, 0.2) is 0 Å². The Morgan fingerprint density at radius 3 is 2.74 bits per heavy atom. The fourth-order valence-corrected chi connectivity index (χ4v) is 3.46. The van der Waals surface area contributed by atoms with Gasteiger partial charge in [-0.15, -0.1) is 16.4 Å². The molecule has 0 aliphatic carbocycles. The minimum Gasteiger partial charge on any atom is -0.345 e. The van der Waals surface area contributed by atoms with E-state index in [4.69, 9.17) is 11.6 Å². The number of rotatable bonds is 4. The summed E-state index contributed by atoms with van der Waals surface area (Å²) in [5, 5.41) is 13.1. The van der Waals surface area contributed by atoms with Crippen LogP contribution in [0.2, 0.25) is 5.02 Å². The van der Waals surface area contributed by atoms with E-state index in [1.54, 1.807) is 17.5 Å². The van der Waals surface area contributed by atoms with E-state index in [1.165, 1.54) is 4.88 Å². The van der Waals surface area contributed by atoms with Crippen molar-refractivity contribution >= 4 is 28.9 Å². The highest BCUT2D eigenvalue weighted by Gasteiger charge is 2.14. The van der Waals surface area contributed by atoms with Gasteiger partial charge in [-0.05, 0) is 32.9 Å². The zero-order valence-electron chi connectivity index (χ0n) is 13.0. The van der Waals surface area contributed by atoms with Gasteiger partial charge in [0, 0.05) is 15.5 Å². The first-order valence-corrected chi connectivity index (χ1v) is 8.38. The molecule has 0 bridgehead atoms. The smallest absolute Gasteiger partial charge is 0.243 e. The minimum absolute atomic E-state index is 0.0105. The molecular formula is C16H16ClN5S. The lowest BCUT2D eigenvalue weighted by molar-refractivity contribution is 0.807. The van der Waals surface area contributed by atoms with Gasteiger partial charge in [-0.2, -0.15) is 5.10 Å². The second-order valence-electron chi connectivity index (χ2n) is 5.22. The maximum absolute atomic E-state index is 6.03. The molecule has 0 aliphatic heterocycles. The normalized spacial score (nSPS) is 12.2. The Hall–Kier alpha value is -2.05. The van der Waals surface area contributed by atoms with Gasteiger partial charge in [-0.3, -0.25) is 0 Å². The summed E-state index contributed by atoms with van der Waals surface area (Å²) in [4.78, 5) is 10.3. The van der Waals surface area contributed by atoms with Crippen LogP contribution in [0, 0.1) is 13.8 Å². The van der Waals surface area contributed by atoms with Gasteiger partial charge in [0.1, 0.15) is 0 Å². The van der Waals surface area contributed by atoms with Gasteiger partial charge in [-0.25, -0.2) is 9.97 Å². The van der Waals surface area contributed by atoms with E-state index in [1.807, 2.05) is 38.1 Å². The summed E-state index contributed by atoms with van der Waals surface area (Å²) < 4.78 is 0. The van der Waals surface area contributed by atoms with Crippen molar-refractivity contribution < 1.29 is 0 Å². The summed E-state index contributed by atoms with van der Waals surface area (Å²) in [7, 11) is 0. The third-order valence-electron chi connectivity index (χ3n) is 3.37. The highest BCUT2D eigenvalue weighted by molar-refractivity contribution is 7.11. The van der Waals surface area contributed by atoms with Crippen molar-refractivity contribution in [1.29, 1.82) is 0 Å². The number of thiazole rings is 1. The quantitative estimate of drug-likeness (QED) is 0.757. The summed E-state index contributed by atoms with van der Waals surface area (Å²) in [6, 6.07) is 7.52. The Balaban J connectivity index is 1.84. The van der Waals surface area contributed by atoms with E-state index in [0.717, 1.165) is 22.0 Å². The minimum atomic E-state index is 0.0105. The maximum Gasteiger partial charge on any atom is 0.243 e. The summed E-state index contributed by atoms with van der Waals surface area (Å²) >= 11 is 7.72. The molecular weight excluding hydrogens is 330 g/mol. The summed E-state index contributed by atoms with van der Waals surface area (Å²) in [6.45, 7) is 6.11. The van der Waals surface area contributed by atoms with Crippen LogP contribution in [-0.4, -0.2) is 20.2 Å². The first-order chi connectivity index (χ1) is 11.0. The zero-order valence-corrected chi connectivity index (χ0v) is 14.6. The Bertz CT molecular complexity index is 833. The van der Waals surface area contributed by atoms with Crippen LogP contribution < -0.4 is 5.32 Å². The fraction of sp³-hybridized carbons (Fsp3) is 0.250. The predicted octanol–water partition coefficient (Wildman–Crippen LogP) is 4.44. The van der Waals surface area contributed by atoms with Gasteiger partial charge in [-0.1, -0.05) is 23.7 Å². The third-order valence-corrected chi connectivity index (χ3v) is 4.51. The molecule has 23 heavy (non-hydrogen) atoms. The van der Waals surface area contributed by atoms with Crippen LogP contribution in [0.15, 0.2) is 30.5 Å². The first kappa shape index (κ1) is 15.8. The van der Waals surface area contributed by atoms with Crippen LogP contribution >= 0.6 is 22.9 Å². The second kappa shape index (κ2) is 6.60. The molecule has 2 heterocycles. The first-order valence-electron chi connectivity index (χ1n) is 7.19. The van der Waals surface area contributed by atoms with Crippen molar-refractivity contribution in [2.24, 2.45) is 0 Å². The molecule has 0 amide bonds. The Morgan fingerprint density at radius 1 is 1.22 bits per heavy atom. The number of aromatic nitrogens is 4. The Kier molecular flexibility index (Phi) is 4.54. The second-order valence-corrected chi connectivity index (χ2v) is 7.06. The number of anilines is 1. The van der Waals surface area contributed by atoms with E-state index in [-0.39, 0.29) is 6.04 Å². The van der Waals surface area contributed by atoms with E-state index >= 15 is 0 Å². The number of halogens is 1. The average Bonchev–Trinajstić information content (AvgIpc) is 2.86. The average molecular weight is 346 g/mol. The standard InChI is InChI=1S/C16H16ClN5S/c1-9(15-10(2)23-11(3)20-15)19-16-21-14(8-18-22-16)12-5-4-6-13(17)7-12/h4-9H,1-3H3,(H,19,21,22). The summed E-state index contributed by atoms with van der Waals surface area (Å²) in [5.74, 6) is 0.472. The largest absolute Gasteiger partial charge is 0.345 e. The van der Waals surface area contributed by atoms with E-state index in [2.05, 4.69) is 32.4 Å². The lowest BCUT2D eigenvalue weighted by Gasteiger charge is -2.12. The predicted molar refractivity (Wildman–Crippen MR) is 93.9 cm³/mol. The molecule has 0 spiro atoms. The van der Waals surface area contributed by atoms with E-state index in [0.29, 0.717) is 11.0 Å². The molecule has 0 saturated heterocycles. The molecule has 5 nitrogen and oxygen atoms in total. The monoisotopic (exact) mass is 345 g/mol. The topological polar surface area (TPSA) is 63.6 Å². The molecule has 2 aromatic heterocycles. The van der Waals surface area contributed by atoms with Crippen LogP contribution in [-0.2, 0) is 0 Å². The van der Waals surface area contributed by atoms with Crippen molar-refractivity contribution in [1.82, 2.24) is 20.2 Å². The van der Waals surface area contributed by atoms with Gasteiger partial charge >= 0.3 is 0 Å². The molecule has 1 unspecified atom stereocenters. The lowest BCUT2D eigenvalue weighted by Crippen LogP contribution is -2.11. The van der Waals surface area contributed by atoms with E-state index < -0.39 is 0 Å². The number of hydrogen-bond acceptors (Lipinski definition) is 6. The molecule has 0 aliphatic rings. The third kappa shape index (κ3) is 3.65. The molecule has 1 aromatic carbocycles. The number of nitrogens with one attached hydrogen (secondary N) is 1. The number of nitrogens with zero attached hydrogens (tertiary/aromatic N) is 4. The molecule has 0 fully saturated rings. The molecule has 0 saturated carbocycles. The molecule has 7 heteroatoms. The van der Waals surface area contributed by atoms with Crippen molar-refractivity contribution in [3.63, 3.8) is 0 Å². The Morgan fingerprint density at radius 2 is 2.04 bits per heavy atom. The maximum atomic E-state index is 6.03. The highest BCUT2D eigenvalue weighted by Crippen LogP contribution is 2.25. The number of aryl methyl sites for hydroxylation is 2. The number of benzene rings is 1. The number of hydrogen-bond donors (Lipinski definition) is 1. The molecule has 1 atom stereocenters. The SMILES string of the molecule is Cc1nc(C(C)Nc2nncc(-c3cccc(Cl)c3)n2)c(C)s1. The molecule has 3 aromatic rings. The van der Waals surface area contributed by atoms with Crippen LogP contribution in [0.4, 0.5) is 5.95 Å². The van der Waals surface area contributed by atoms with Crippen molar-refractivity contribution in [2.75, 3.05) is 5.32 Å². The highest BCUT2D eigenvalue weighted by atomic mass is 35.5. The van der Waals surface area contributed by atoms with Gasteiger partial charge < -0.3 is 5.32 Å². The lowest BCUT2D eigenvalue weighted by atomic mass is 10.2. The van der Waals surface area contributed by atoms with Gasteiger partial charge in [0.25, 0.3) is 0 Å². The molecule has 0 radical (unpaired) electrons. The van der Waals surface area contributed by atoms with E-state index in [9.17, 15) is 0 Å². The van der Waals surface area contributed by atoms with Crippen molar-refractivity contribution in [3.8, 4) is 11.3 Å². The molecule has 118 valence electrons. The molecule has 3 rings (SSSR count). The van der Waals surface area contributed by atoms with Crippen molar-refractivity contribution in [3.05, 3.63) is 51.1 Å². The van der Waals surface area contributed by atoms with Crippen LogP contribution in [0.25, 0.3) is 11.3 Å². The van der Waals surface area contributed by atoms with Crippen molar-refractivity contribution in [2.45, 2.75) is 26.8 Å². The van der Waals surface area contributed by atoms with Crippen LogP contribution in [0.1, 0.15) is 28.5 Å². The Labute approximate surface area is 143 Å². The van der Waals surface area contributed by atoms with Crippen LogP contribution in [0.5, 0.6) is 0 Å². The van der Waals surface area contributed by atoms with Crippen LogP contribution in [0.3, 0.4) is 0 Å². The van der Waals surface area contributed by atoms with Gasteiger partial charge in [0.05, 0.1) is 28.6 Å². The summed E-state index contributed by atoms with van der Waals surface area (Å²) in [6.07, 6.45) is 1.62.